The van der Waals surface area contributed by atoms with E-state index in [4.69, 9.17) is 15.3 Å². The zero-order valence-electron chi connectivity index (χ0n) is 9.93. The van der Waals surface area contributed by atoms with Gasteiger partial charge in [0.05, 0.1) is 19.3 Å². The third kappa shape index (κ3) is 2.69. The first-order valence-corrected chi connectivity index (χ1v) is 5.26. The number of pyridine rings is 1. The van der Waals surface area contributed by atoms with Gasteiger partial charge in [-0.25, -0.2) is 5.43 Å². The van der Waals surface area contributed by atoms with Crippen LogP contribution in [0.2, 0.25) is 0 Å². The summed E-state index contributed by atoms with van der Waals surface area (Å²) >= 11 is 0. The molecule has 16 heavy (non-hydrogen) atoms. The summed E-state index contributed by atoms with van der Waals surface area (Å²) in [6.07, 6.45) is 2.52. The van der Waals surface area contributed by atoms with Gasteiger partial charge in [0.2, 0.25) is 0 Å². The van der Waals surface area contributed by atoms with Gasteiger partial charge in [0.15, 0.2) is 0 Å². The molecule has 2 unspecified atom stereocenters. The number of hydrogen-bond donors (Lipinski definition) is 2. The van der Waals surface area contributed by atoms with Crippen LogP contribution in [0.3, 0.4) is 0 Å². The van der Waals surface area contributed by atoms with Crippen molar-refractivity contribution in [2.24, 2.45) is 5.84 Å². The molecule has 1 aromatic rings. The van der Waals surface area contributed by atoms with Crippen molar-refractivity contribution in [2.45, 2.75) is 25.5 Å². The van der Waals surface area contributed by atoms with Crippen LogP contribution in [0.1, 0.15) is 25.1 Å². The van der Waals surface area contributed by atoms with Gasteiger partial charge in [-0.2, -0.15) is 0 Å². The molecule has 0 bridgehead atoms. The van der Waals surface area contributed by atoms with E-state index in [-0.39, 0.29) is 12.1 Å². The maximum absolute atomic E-state index is 5.55. The van der Waals surface area contributed by atoms with E-state index in [1.54, 1.807) is 20.4 Å². The molecule has 1 rings (SSSR count). The Kier molecular flexibility index (Phi) is 5.18. The summed E-state index contributed by atoms with van der Waals surface area (Å²) in [7, 11) is 3.27. The third-order valence-corrected chi connectivity index (χ3v) is 2.57. The first-order valence-electron chi connectivity index (χ1n) is 5.26. The molecule has 3 N–H and O–H groups in total. The Labute approximate surface area is 95.9 Å². The summed E-state index contributed by atoms with van der Waals surface area (Å²) in [4.78, 5) is 4.29. The van der Waals surface area contributed by atoms with Crippen molar-refractivity contribution >= 4 is 0 Å². The Morgan fingerprint density at radius 1 is 1.50 bits per heavy atom. The van der Waals surface area contributed by atoms with Gasteiger partial charge in [-0.05, 0) is 18.6 Å². The van der Waals surface area contributed by atoms with E-state index in [1.165, 1.54) is 0 Å². The molecule has 0 aromatic carbocycles. The number of rotatable bonds is 6. The summed E-state index contributed by atoms with van der Waals surface area (Å²) in [5, 5.41) is 0. The van der Waals surface area contributed by atoms with E-state index in [0.29, 0.717) is 5.75 Å². The molecule has 5 heteroatoms. The largest absolute Gasteiger partial charge is 0.495 e. The molecule has 2 atom stereocenters. The van der Waals surface area contributed by atoms with E-state index in [2.05, 4.69) is 10.4 Å². The van der Waals surface area contributed by atoms with Gasteiger partial charge in [0.1, 0.15) is 11.4 Å². The Balaban J connectivity index is 3.02. The summed E-state index contributed by atoms with van der Waals surface area (Å²) in [5.74, 6) is 6.26. The fraction of sp³-hybridized carbons (Fsp3) is 0.545. The first kappa shape index (κ1) is 12.9. The Bertz CT molecular complexity index is 316. The quantitative estimate of drug-likeness (QED) is 0.559. The van der Waals surface area contributed by atoms with E-state index in [9.17, 15) is 0 Å². The molecule has 0 aliphatic rings. The average molecular weight is 225 g/mol. The predicted molar refractivity (Wildman–Crippen MR) is 61.9 cm³/mol. The van der Waals surface area contributed by atoms with Crippen LogP contribution in [0.5, 0.6) is 5.75 Å². The Hall–Kier alpha value is -1.17. The molecule has 90 valence electrons. The van der Waals surface area contributed by atoms with Crippen LogP contribution in [-0.4, -0.2) is 25.3 Å². The maximum atomic E-state index is 5.55. The Morgan fingerprint density at radius 3 is 2.75 bits per heavy atom. The van der Waals surface area contributed by atoms with Crippen molar-refractivity contribution in [1.29, 1.82) is 0 Å². The second-order valence-electron chi connectivity index (χ2n) is 3.42. The van der Waals surface area contributed by atoms with Crippen molar-refractivity contribution in [3.05, 3.63) is 24.0 Å². The number of hydrazine groups is 1. The van der Waals surface area contributed by atoms with Crippen LogP contribution < -0.4 is 16.0 Å². The lowest BCUT2D eigenvalue weighted by atomic mass is 10.0. The molecule has 0 spiro atoms. The summed E-state index contributed by atoms with van der Waals surface area (Å²) in [6.45, 7) is 2.04. The van der Waals surface area contributed by atoms with E-state index >= 15 is 0 Å². The lowest BCUT2D eigenvalue weighted by molar-refractivity contribution is 0.0629. The topological polar surface area (TPSA) is 69.4 Å². The maximum Gasteiger partial charge on any atom is 0.142 e. The van der Waals surface area contributed by atoms with Crippen LogP contribution in [0.15, 0.2) is 18.3 Å². The van der Waals surface area contributed by atoms with Crippen molar-refractivity contribution in [3.8, 4) is 5.75 Å². The van der Waals surface area contributed by atoms with Gasteiger partial charge >= 0.3 is 0 Å². The molecule has 5 nitrogen and oxygen atoms in total. The lowest BCUT2D eigenvalue weighted by Crippen LogP contribution is -2.38. The molecular formula is C11H19N3O2. The number of methoxy groups -OCH3 is 2. The summed E-state index contributed by atoms with van der Waals surface area (Å²) < 4.78 is 10.6. The highest BCUT2D eigenvalue weighted by atomic mass is 16.5. The predicted octanol–water partition coefficient (Wildman–Crippen LogP) is 1.02. The SMILES string of the molecule is CCC(OC)C(NN)c1ncccc1OC. The van der Waals surface area contributed by atoms with Crippen LogP contribution >= 0.6 is 0 Å². The molecule has 0 saturated heterocycles. The minimum absolute atomic E-state index is 0.0335. The molecule has 0 radical (unpaired) electrons. The van der Waals surface area contributed by atoms with Crippen molar-refractivity contribution < 1.29 is 9.47 Å². The molecule has 0 amide bonds. The minimum Gasteiger partial charge on any atom is -0.495 e. The third-order valence-electron chi connectivity index (χ3n) is 2.57. The molecule has 0 aliphatic carbocycles. The van der Waals surface area contributed by atoms with Gasteiger partial charge in [0, 0.05) is 13.3 Å². The summed E-state index contributed by atoms with van der Waals surface area (Å²) in [6, 6.07) is 3.50. The molecule has 0 aliphatic heterocycles. The first-order chi connectivity index (χ1) is 7.78. The fourth-order valence-corrected chi connectivity index (χ4v) is 1.71. The number of hydrogen-bond acceptors (Lipinski definition) is 5. The minimum atomic E-state index is -0.175. The van der Waals surface area contributed by atoms with Crippen molar-refractivity contribution in [1.82, 2.24) is 10.4 Å². The van der Waals surface area contributed by atoms with Crippen LogP contribution in [0.4, 0.5) is 0 Å². The van der Waals surface area contributed by atoms with Crippen LogP contribution in [0.25, 0.3) is 0 Å². The second kappa shape index (κ2) is 6.42. The van der Waals surface area contributed by atoms with E-state index in [0.717, 1.165) is 12.1 Å². The molecule has 0 saturated carbocycles. The van der Waals surface area contributed by atoms with E-state index in [1.807, 2.05) is 19.1 Å². The number of nitrogens with two attached hydrogens (primary N) is 1. The molecular weight excluding hydrogens is 206 g/mol. The van der Waals surface area contributed by atoms with Crippen LogP contribution in [-0.2, 0) is 4.74 Å². The van der Waals surface area contributed by atoms with Gasteiger partial charge < -0.3 is 9.47 Å². The molecule has 0 fully saturated rings. The van der Waals surface area contributed by atoms with Gasteiger partial charge in [-0.3, -0.25) is 10.8 Å². The number of nitrogens with zero attached hydrogens (tertiary/aromatic N) is 1. The normalized spacial score (nSPS) is 14.5. The molecule has 1 aromatic heterocycles. The summed E-state index contributed by atoms with van der Waals surface area (Å²) in [5.41, 5.74) is 3.49. The standard InChI is InChI=1S/C11H19N3O2/c1-4-8(15-2)11(14-12)10-9(16-3)6-5-7-13-10/h5-8,11,14H,4,12H2,1-3H3. The number of ether oxygens (including phenoxy) is 2. The highest BCUT2D eigenvalue weighted by Gasteiger charge is 2.24. The monoisotopic (exact) mass is 225 g/mol. The lowest BCUT2D eigenvalue weighted by Gasteiger charge is -2.24. The zero-order chi connectivity index (χ0) is 12.0. The zero-order valence-corrected chi connectivity index (χ0v) is 9.93. The van der Waals surface area contributed by atoms with Gasteiger partial charge in [-0.15, -0.1) is 0 Å². The van der Waals surface area contributed by atoms with Crippen LogP contribution in [0, 0.1) is 0 Å². The highest BCUT2D eigenvalue weighted by Crippen LogP contribution is 2.26. The fourth-order valence-electron chi connectivity index (χ4n) is 1.71. The van der Waals surface area contributed by atoms with Crippen molar-refractivity contribution in [2.75, 3.05) is 14.2 Å². The van der Waals surface area contributed by atoms with E-state index < -0.39 is 0 Å². The second-order valence-corrected chi connectivity index (χ2v) is 3.42. The average Bonchev–Trinajstić information content (AvgIpc) is 2.35. The smallest absolute Gasteiger partial charge is 0.142 e. The van der Waals surface area contributed by atoms with Gasteiger partial charge in [-0.1, -0.05) is 6.92 Å². The highest BCUT2D eigenvalue weighted by molar-refractivity contribution is 5.30. The van der Waals surface area contributed by atoms with Crippen molar-refractivity contribution in [3.63, 3.8) is 0 Å². The number of nitrogens with one attached hydrogen (secondary N) is 1. The Morgan fingerprint density at radius 2 is 2.25 bits per heavy atom. The van der Waals surface area contributed by atoms with Gasteiger partial charge in [0.25, 0.3) is 0 Å². The number of aromatic nitrogens is 1. The molecule has 1 heterocycles.